The zero-order valence-corrected chi connectivity index (χ0v) is 14.0. The van der Waals surface area contributed by atoms with Gasteiger partial charge in [0.1, 0.15) is 5.60 Å². The highest BCUT2D eigenvalue weighted by Gasteiger charge is 2.27. The van der Waals surface area contributed by atoms with E-state index in [0.717, 1.165) is 25.9 Å². The second-order valence-electron chi connectivity index (χ2n) is 6.02. The number of terminal acetylenes is 1. The maximum atomic E-state index is 11.7. The van der Waals surface area contributed by atoms with Crippen LogP contribution in [0.15, 0.2) is 0 Å². The molecule has 0 aromatic carbocycles. The first-order valence-corrected chi connectivity index (χ1v) is 8.12. The van der Waals surface area contributed by atoms with Crippen LogP contribution in [0.5, 0.6) is 0 Å². The molecule has 1 aliphatic rings. The number of likely N-dealkylation sites (tertiary alicyclic amines) is 1. The van der Waals surface area contributed by atoms with Gasteiger partial charge in [-0.15, -0.1) is 6.42 Å². The number of rotatable bonds is 8. The van der Waals surface area contributed by atoms with Crippen LogP contribution in [0.25, 0.3) is 0 Å². The molecule has 0 aromatic heterocycles. The standard InChI is InChI=1S/C17H29NO4/c1-5-17(4,6-2)22-13-15(19)12-18-10-8-14(9-11-18)16(20)21-7-3/h1,14-15,19H,6-13H2,2-4H3/t15-,17-/m1/s1. The predicted molar refractivity (Wildman–Crippen MR) is 85.3 cm³/mol. The molecule has 0 amide bonds. The Morgan fingerprint density at radius 1 is 1.45 bits per heavy atom. The van der Waals surface area contributed by atoms with Gasteiger partial charge in [0, 0.05) is 6.54 Å². The van der Waals surface area contributed by atoms with Gasteiger partial charge in [-0.2, -0.15) is 0 Å². The second kappa shape index (κ2) is 9.14. The fourth-order valence-corrected chi connectivity index (χ4v) is 2.49. The molecule has 5 heteroatoms. The number of piperidine rings is 1. The summed E-state index contributed by atoms with van der Waals surface area (Å²) in [5, 5.41) is 10.1. The molecule has 2 atom stereocenters. The number of ether oxygens (including phenoxy) is 2. The minimum atomic E-state index is -0.613. The van der Waals surface area contributed by atoms with Crippen molar-refractivity contribution in [1.29, 1.82) is 0 Å². The molecule has 0 bridgehead atoms. The monoisotopic (exact) mass is 311 g/mol. The highest BCUT2D eigenvalue weighted by molar-refractivity contribution is 5.72. The number of carbonyl (C=O) groups is 1. The number of hydrogen-bond acceptors (Lipinski definition) is 5. The number of aliphatic hydroxyl groups is 1. The highest BCUT2D eigenvalue weighted by Crippen LogP contribution is 2.19. The molecule has 0 aliphatic carbocycles. The third-order valence-corrected chi connectivity index (χ3v) is 4.25. The van der Waals surface area contributed by atoms with E-state index >= 15 is 0 Å². The number of hydrogen-bond donors (Lipinski definition) is 1. The lowest BCUT2D eigenvalue weighted by Gasteiger charge is -2.32. The first-order valence-electron chi connectivity index (χ1n) is 8.12. The van der Waals surface area contributed by atoms with E-state index in [9.17, 15) is 9.90 Å². The third-order valence-electron chi connectivity index (χ3n) is 4.25. The first-order chi connectivity index (χ1) is 10.4. The summed E-state index contributed by atoms with van der Waals surface area (Å²) >= 11 is 0. The van der Waals surface area contributed by atoms with Gasteiger partial charge in [0.2, 0.25) is 0 Å². The smallest absolute Gasteiger partial charge is 0.309 e. The number of esters is 1. The molecule has 1 aliphatic heterocycles. The van der Waals surface area contributed by atoms with Crippen LogP contribution < -0.4 is 0 Å². The topological polar surface area (TPSA) is 59.0 Å². The Morgan fingerprint density at radius 2 is 2.09 bits per heavy atom. The Bertz CT molecular complexity index is 385. The Balaban J connectivity index is 2.29. The number of β-amino-alcohol motifs (C(OH)–C–C–N with tert-alkyl or cyclic N) is 1. The zero-order chi connectivity index (χ0) is 16.6. The maximum Gasteiger partial charge on any atom is 0.309 e. The molecule has 0 spiro atoms. The van der Waals surface area contributed by atoms with Crippen molar-refractivity contribution in [3.8, 4) is 12.3 Å². The molecule has 1 saturated heterocycles. The van der Waals surface area contributed by atoms with Gasteiger partial charge in [-0.1, -0.05) is 12.8 Å². The molecule has 1 N–H and O–H groups in total. The second-order valence-corrected chi connectivity index (χ2v) is 6.02. The molecule has 22 heavy (non-hydrogen) atoms. The SMILES string of the molecule is C#C[C@](C)(CC)OC[C@H](O)CN1CCC(C(=O)OCC)CC1. The van der Waals surface area contributed by atoms with E-state index in [0.29, 0.717) is 19.6 Å². The average molecular weight is 311 g/mol. The summed E-state index contributed by atoms with van der Waals surface area (Å²) in [7, 11) is 0. The Kier molecular flexibility index (Phi) is 7.88. The van der Waals surface area contributed by atoms with Crippen molar-refractivity contribution in [2.24, 2.45) is 5.92 Å². The van der Waals surface area contributed by atoms with Gasteiger partial charge in [0.15, 0.2) is 0 Å². The van der Waals surface area contributed by atoms with E-state index in [1.54, 1.807) is 0 Å². The molecule has 1 rings (SSSR count). The molecule has 0 radical (unpaired) electrons. The Morgan fingerprint density at radius 3 is 2.59 bits per heavy atom. The summed E-state index contributed by atoms with van der Waals surface area (Å²) in [5.41, 5.74) is -0.613. The highest BCUT2D eigenvalue weighted by atomic mass is 16.5. The minimum absolute atomic E-state index is 0.00517. The van der Waals surface area contributed by atoms with Gasteiger partial charge in [0.25, 0.3) is 0 Å². The fraction of sp³-hybridized carbons (Fsp3) is 0.824. The van der Waals surface area contributed by atoms with Crippen molar-refractivity contribution in [1.82, 2.24) is 4.90 Å². The van der Waals surface area contributed by atoms with Crippen LogP contribution in [-0.2, 0) is 14.3 Å². The Hall–Kier alpha value is -1.09. The summed E-state index contributed by atoms with van der Waals surface area (Å²) < 4.78 is 10.7. The largest absolute Gasteiger partial charge is 0.466 e. The van der Waals surface area contributed by atoms with Crippen molar-refractivity contribution >= 4 is 5.97 Å². The van der Waals surface area contributed by atoms with Crippen molar-refractivity contribution in [3.05, 3.63) is 0 Å². The minimum Gasteiger partial charge on any atom is -0.466 e. The molecular weight excluding hydrogens is 282 g/mol. The fourth-order valence-electron chi connectivity index (χ4n) is 2.49. The van der Waals surface area contributed by atoms with Crippen molar-refractivity contribution in [3.63, 3.8) is 0 Å². The van der Waals surface area contributed by atoms with Gasteiger partial charge in [-0.05, 0) is 46.2 Å². The molecule has 126 valence electrons. The van der Waals surface area contributed by atoms with Crippen LogP contribution in [-0.4, -0.2) is 60.5 Å². The quantitative estimate of drug-likeness (QED) is 0.543. The lowest BCUT2D eigenvalue weighted by Crippen LogP contribution is -2.43. The molecule has 0 unspecified atom stereocenters. The summed E-state index contributed by atoms with van der Waals surface area (Å²) in [6, 6.07) is 0. The summed E-state index contributed by atoms with van der Waals surface area (Å²) in [4.78, 5) is 13.8. The number of carbonyl (C=O) groups excluding carboxylic acids is 1. The summed E-state index contributed by atoms with van der Waals surface area (Å²) in [5.74, 6) is 2.52. The summed E-state index contributed by atoms with van der Waals surface area (Å²) in [6.07, 6.45) is 7.15. The lowest BCUT2D eigenvalue weighted by molar-refractivity contribution is -0.149. The van der Waals surface area contributed by atoms with Crippen molar-refractivity contribution in [2.45, 2.75) is 51.7 Å². The van der Waals surface area contributed by atoms with Gasteiger partial charge >= 0.3 is 5.97 Å². The molecule has 1 heterocycles. The molecule has 0 aromatic rings. The zero-order valence-electron chi connectivity index (χ0n) is 14.0. The lowest BCUT2D eigenvalue weighted by atomic mass is 9.97. The number of nitrogens with zero attached hydrogens (tertiary/aromatic N) is 1. The third kappa shape index (κ3) is 5.96. The van der Waals surface area contributed by atoms with Crippen LogP contribution in [0.3, 0.4) is 0 Å². The van der Waals surface area contributed by atoms with Gasteiger partial charge in [-0.25, -0.2) is 0 Å². The molecule has 0 saturated carbocycles. The first kappa shape index (κ1) is 19.0. The molecule has 5 nitrogen and oxygen atoms in total. The van der Waals surface area contributed by atoms with Crippen LogP contribution >= 0.6 is 0 Å². The van der Waals surface area contributed by atoms with E-state index in [-0.39, 0.29) is 18.5 Å². The van der Waals surface area contributed by atoms with E-state index in [1.165, 1.54) is 0 Å². The van der Waals surface area contributed by atoms with E-state index in [2.05, 4.69) is 10.8 Å². The van der Waals surface area contributed by atoms with Gasteiger partial charge in [0.05, 0.1) is 25.2 Å². The van der Waals surface area contributed by atoms with Crippen LogP contribution in [0, 0.1) is 18.3 Å². The van der Waals surface area contributed by atoms with Crippen LogP contribution in [0.1, 0.15) is 40.0 Å². The summed E-state index contributed by atoms with van der Waals surface area (Å²) in [6.45, 7) is 8.43. The van der Waals surface area contributed by atoms with Crippen LogP contribution in [0.2, 0.25) is 0 Å². The maximum absolute atomic E-state index is 11.7. The van der Waals surface area contributed by atoms with E-state index in [1.807, 2.05) is 20.8 Å². The number of aliphatic hydroxyl groups excluding tert-OH is 1. The molecule has 1 fully saturated rings. The molecular formula is C17H29NO4. The Labute approximate surface area is 134 Å². The predicted octanol–water partition coefficient (Wildman–Crippen LogP) is 1.44. The van der Waals surface area contributed by atoms with Crippen LogP contribution in [0.4, 0.5) is 0 Å². The van der Waals surface area contributed by atoms with E-state index < -0.39 is 11.7 Å². The average Bonchev–Trinajstić information content (AvgIpc) is 2.53. The van der Waals surface area contributed by atoms with E-state index in [4.69, 9.17) is 15.9 Å². The normalized spacial score (nSPS) is 20.9. The van der Waals surface area contributed by atoms with Crippen molar-refractivity contribution in [2.75, 3.05) is 32.8 Å². The van der Waals surface area contributed by atoms with Gasteiger partial charge < -0.3 is 19.5 Å². The van der Waals surface area contributed by atoms with Gasteiger partial charge in [-0.3, -0.25) is 4.79 Å². The van der Waals surface area contributed by atoms with Crippen molar-refractivity contribution < 1.29 is 19.4 Å².